The van der Waals surface area contributed by atoms with Crippen molar-refractivity contribution in [3.63, 3.8) is 0 Å². The lowest BCUT2D eigenvalue weighted by Crippen LogP contribution is -2.43. The molecule has 6 unspecified atom stereocenters. The number of thiazole rings is 1. The quantitative estimate of drug-likeness (QED) is 0.393. The summed E-state index contributed by atoms with van der Waals surface area (Å²) in [6.07, 6.45) is 0.756. The number of hydrogen-bond acceptors (Lipinski definition) is 8. The number of nitrogens with zero attached hydrogens (tertiary/aromatic N) is 2. The fraction of sp³-hybridized carbons (Fsp3) is 0.419. The molecule has 44 heavy (non-hydrogen) atoms. The third kappa shape index (κ3) is 4.46. The average molecular weight is 673 g/mol. The van der Waals surface area contributed by atoms with Crippen LogP contribution < -0.4 is 14.5 Å². The van der Waals surface area contributed by atoms with E-state index in [9.17, 15) is 19.2 Å². The maximum absolute atomic E-state index is 14.0. The lowest BCUT2D eigenvalue weighted by Gasteiger charge is -2.43. The monoisotopic (exact) mass is 671 g/mol. The van der Waals surface area contributed by atoms with Crippen LogP contribution in [0.4, 0.5) is 5.69 Å². The minimum absolute atomic E-state index is 0.00716. The number of anilines is 1. The Labute approximate surface area is 270 Å². The Kier molecular flexibility index (Phi) is 7.10. The first-order valence-electron chi connectivity index (χ1n) is 14.6. The van der Waals surface area contributed by atoms with E-state index in [4.69, 9.17) is 32.7 Å². The fourth-order valence-electron chi connectivity index (χ4n) is 8.15. The van der Waals surface area contributed by atoms with E-state index in [1.165, 1.54) is 4.90 Å². The van der Waals surface area contributed by atoms with Gasteiger partial charge in [0.1, 0.15) is 5.75 Å². The van der Waals surface area contributed by atoms with E-state index in [0.29, 0.717) is 47.8 Å². The minimum atomic E-state index is -0.448. The molecule has 2 aliphatic carbocycles. The highest BCUT2D eigenvalue weighted by atomic mass is 35.5. The molecule has 228 valence electrons. The van der Waals surface area contributed by atoms with Crippen molar-refractivity contribution in [1.82, 2.24) is 9.88 Å². The number of fused-ring (bicyclic) bond motifs is 9. The molecule has 0 radical (unpaired) electrons. The number of carbonyl (C=O) groups is 3. The Morgan fingerprint density at radius 2 is 1.68 bits per heavy atom. The summed E-state index contributed by atoms with van der Waals surface area (Å²) in [5.41, 5.74) is 1.32. The Morgan fingerprint density at radius 1 is 0.977 bits per heavy atom. The first-order chi connectivity index (χ1) is 21.3. The molecule has 7 atom stereocenters. The van der Waals surface area contributed by atoms with Gasteiger partial charge < -0.3 is 19.4 Å². The van der Waals surface area contributed by atoms with Crippen LogP contribution in [0.3, 0.4) is 0 Å². The largest absolute Gasteiger partial charge is 0.483 e. The number of aromatic amines is 1. The first kappa shape index (κ1) is 28.6. The topological polar surface area (TPSA) is 109 Å². The molecule has 4 heterocycles. The third-order valence-corrected chi connectivity index (χ3v) is 12.9. The molecule has 1 N–H and O–H groups in total. The smallest absolute Gasteiger partial charge is 0.305 e. The van der Waals surface area contributed by atoms with E-state index in [1.807, 2.05) is 6.07 Å². The lowest BCUT2D eigenvalue weighted by atomic mass is 9.68. The number of ether oxygens (including phenoxy) is 2. The second-order valence-corrected chi connectivity index (χ2v) is 15.0. The van der Waals surface area contributed by atoms with Gasteiger partial charge in [0.25, 0.3) is 5.91 Å². The number of morpholine rings is 1. The summed E-state index contributed by atoms with van der Waals surface area (Å²) < 4.78 is 11.6. The molecule has 5 aliphatic rings. The standard InChI is InChI=1S/C31H27Cl2N3O6S2/c32-14-1-4-16(5-2-14)36-29(38)24-18-12-19(25(24)30(36)39)26-23(18)22(27-28(43-26)34-31(40)44-27)17-11-15(33)3-6-20(17)42-13-21(37)35-7-9-41-10-8-35/h1-6,11,18-19,22-26H,7-10,12-13H2,(H,34,40)/t18?,19?,22-,23?,24?,25?,26?/m1/s1. The summed E-state index contributed by atoms with van der Waals surface area (Å²) in [4.78, 5) is 60.3. The van der Waals surface area contributed by atoms with Gasteiger partial charge in [-0.05, 0) is 66.6 Å². The Balaban J connectivity index is 1.16. The summed E-state index contributed by atoms with van der Waals surface area (Å²) in [5.74, 6) is -1.24. The van der Waals surface area contributed by atoms with Crippen LogP contribution in [-0.4, -0.2) is 65.8 Å². The van der Waals surface area contributed by atoms with Crippen molar-refractivity contribution in [2.45, 2.75) is 22.6 Å². The number of amides is 3. The molecule has 3 aliphatic heterocycles. The van der Waals surface area contributed by atoms with Crippen molar-refractivity contribution in [2.75, 3.05) is 37.8 Å². The molecule has 13 heteroatoms. The summed E-state index contributed by atoms with van der Waals surface area (Å²) >= 11 is 15.4. The molecule has 9 nitrogen and oxygen atoms in total. The molecular weight excluding hydrogens is 645 g/mol. The van der Waals surface area contributed by atoms with E-state index in [0.717, 1.165) is 33.2 Å². The van der Waals surface area contributed by atoms with Crippen molar-refractivity contribution < 1.29 is 23.9 Å². The second-order valence-electron chi connectivity index (χ2n) is 11.9. The molecule has 2 bridgehead atoms. The molecule has 8 rings (SSSR count). The van der Waals surface area contributed by atoms with Crippen LogP contribution in [0.1, 0.15) is 22.8 Å². The maximum Gasteiger partial charge on any atom is 0.305 e. The van der Waals surface area contributed by atoms with E-state index in [-0.39, 0.29) is 58.1 Å². The van der Waals surface area contributed by atoms with E-state index >= 15 is 0 Å². The van der Waals surface area contributed by atoms with E-state index in [1.54, 1.807) is 53.1 Å². The minimum Gasteiger partial charge on any atom is -0.483 e. The second kappa shape index (κ2) is 10.9. The van der Waals surface area contributed by atoms with Crippen molar-refractivity contribution in [3.8, 4) is 5.75 Å². The molecule has 2 aromatic carbocycles. The number of halogens is 2. The van der Waals surface area contributed by atoms with Gasteiger partial charge >= 0.3 is 4.87 Å². The van der Waals surface area contributed by atoms with Gasteiger partial charge in [0.05, 0.1) is 35.8 Å². The molecule has 4 fully saturated rings. The van der Waals surface area contributed by atoms with Gasteiger partial charge in [-0.15, -0.1) is 11.8 Å². The van der Waals surface area contributed by atoms with Gasteiger partial charge in [-0.2, -0.15) is 0 Å². The van der Waals surface area contributed by atoms with Gasteiger partial charge in [0, 0.05) is 44.7 Å². The summed E-state index contributed by atoms with van der Waals surface area (Å²) in [5, 5.41) is 1.84. The number of benzene rings is 2. The SMILES string of the molecule is O=C(COc1ccc(Cl)cc1[C@H]1c2sc(=O)[nH]c2SC2C3CC(C4C(=O)N(c5ccc(Cl)cc5)C(=O)C34)C21)N1CCOCC1. The van der Waals surface area contributed by atoms with Crippen molar-refractivity contribution >= 4 is 69.7 Å². The van der Waals surface area contributed by atoms with Crippen LogP contribution >= 0.6 is 46.3 Å². The number of thioether (sulfide) groups is 1. The zero-order chi connectivity index (χ0) is 30.3. The van der Waals surface area contributed by atoms with Crippen LogP contribution in [0, 0.1) is 29.6 Å². The van der Waals surface area contributed by atoms with Gasteiger partial charge in [-0.25, -0.2) is 0 Å². The number of imide groups is 1. The van der Waals surface area contributed by atoms with Gasteiger partial charge in [0.2, 0.25) is 11.8 Å². The highest BCUT2D eigenvalue weighted by Gasteiger charge is 2.69. The third-order valence-electron chi connectivity index (χ3n) is 9.83. The molecule has 3 aromatic rings. The van der Waals surface area contributed by atoms with Crippen LogP contribution in [0.5, 0.6) is 5.75 Å². The number of H-pyrrole nitrogens is 1. The molecule has 2 saturated carbocycles. The zero-order valence-corrected chi connectivity index (χ0v) is 26.4. The average Bonchev–Trinajstić information content (AvgIpc) is 3.76. The summed E-state index contributed by atoms with van der Waals surface area (Å²) in [7, 11) is 0. The van der Waals surface area contributed by atoms with Crippen LogP contribution in [0.2, 0.25) is 10.0 Å². The van der Waals surface area contributed by atoms with Crippen molar-refractivity contribution in [1.29, 1.82) is 0 Å². The molecule has 2 saturated heterocycles. The summed E-state index contributed by atoms with van der Waals surface area (Å²) in [6.45, 7) is 1.89. The van der Waals surface area contributed by atoms with Crippen molar-refractivity contribution in [3.05, 3.63) is 72.6 Å². The number of hydrogen-bond donors (Lipinski definition) is 1. The van der Waals surface area contributed by atoms with Gasteiger partial charge in [-0.3, -0.25) is 24.1 Å². The molecule has 0 spiro atoms. The number of rotatable bonds is 5. The highest BCUT2D eigenvalue weighted by Crippen LogP contribution is 2.69. The predicted octanol–water partition coefficient (Wildman–Crippen LogP) is 4.66. The molecule has 1 aromatic heterocycles. The Hall–Kier alpha value is -2.83. The lowest BCUT2D eigenvalue weighted by molar-refractivity contribution is -0.137. The number of carbonyl (C=O) groups excluding carboxylic acids is 3. The van der Waals surface area contributed by atoms with Crippen LogP contribution in [0.25, 0.3) is 0 Å². The first-order valence-corrected chi connectivity index (χ1v) is 17.1. The molecular formula is C31H27Cl2N3O6S2. The summed E-state index contributed by atoms with van der Waals surface area (Å²) in [6, 6.07) is 12.2. The van der Waals surface area contributed by atoms with Crippen LogP contribution in [0.15, 0.2) is 52.3 Å². The van der Waals surface area contributed by atoms with Gasteiger partial charge in [-0.1, -0.05) is 34.5 Å². The predicted molar refractivity (Wildman–Crippen MR) is 167 cm³/mol. The normalized spacial score (nSPS) is 30.4. The Morgan fingerprint density at radius 3 is 2.43 bits per heavy atom. The fourth-order valence-corrected chi connectivity index (χ4v) is 11.3. The Bertz CT molecular complexity index is 1740. The number of nitrogens with one attached hydrogen (secondary N) is 1. The van der Waals surface area contributed by atoms with E-state index < -0.39 is 11.8 Å². The van der Waals surface area contributed by atoms with Gasteiger partial charge in [0.15, 0.2) is 6.61 Å². The highest BCUT2D eigenvalue weighted by molar-refractivity contribution is 8.00. The van der Waals surface area contributed by atoms with E-state index in [2.05, 4.69) is 4.98 Å². The zero-order valence-electron chi connectivity index (χ0n) is 23.2. The van der Waals surface area contributed by atoms with Crippen LogP contribution in [-0.2, 0) is 19.1 Å². The van der Waals surface area contributed by atoms with Crippen molar-refractivity contribution in [2.24, 2.45) is 29.6 Å². The molecule has 3 amide bonds. The number of aromatic nitrogens is 1. The maximum atomic E-state index is 14.0.